The second kappa shape index (κ2) is 7.64. The largest absolute Gasteiger partial charge is 0.356 e. The van der Waals surface area contributed by atoms with Crippen molar-refractivity contribution < 1.29 is 9.32 Å². The highest BCUT2D eigenvalue weighted by atomic mass is 16.5. The number of aromatic nitrogens is 3. The fraction of sp³-hybridized carbons (Fsp3) is 0.650. The Kier molecular flexibility index (Phi) is 5.49. The first-order valence-corrected chi connectivity index (χ1v) is 9.75. The molecule has 1 amide bonds. The number of carbonyl (C=O) groups excluding carboxylic acids is 1. The third-order valence-electron chi connectivity index (χ3n) is 5.70. The highest BCUT2D eigenvalue weighted by molar-refractivity contribution is 5.79. The van der Waals surface area contributed by atoms with E-state index in [0.717, 1.165) is 66.9 Å². The molecule has 1 aliphatic heterocycles. The van der Waals surface area contributed by atoms with Gasteiger partial charge in [0, 0.05) is 31.3 Å². The van der Waals surface area contributed by atoms with E-state index >= 15 is 0 Å². The molecule has 2 aromatic rings. The Bertz CT molecular complexity index is 773. The molecule has 0 bridgehead atoms. The van der Waals surface area contributed by atoms with E-state index in [-0.39, 0.29) is 17.9 Å². The summed E-state index contributed by atoms with van der Waals surface area (Å²) < 4.78 is 7.42. The quantitative estimate of drug-likeness (QED) is 0.804. The summed E-state index contributed by atoms with van der Waals surface area (Å²) in [6.07, 6.45) is 6.87. The summed E-state index contributed by atoms with van der Waals surface area (Å²) in [4.78, 5) is 15.2. The molecule has 1 aliphatic rings. The van der Waals surface area contributed by atoms with E-state index in [4.69, 9.17) is 9.62 Å². The lowest BCUT2D eigenvalue weighted by Crippen LogP contribution is -2.42. The van der Waals surface area contributed by atoms with E-state index in [1.54, 1.807) is 0 Å². The van der Waals surface area contributed by atoms with Gasteiger partial charge in [-0.15, -0.1) is 0 Å². The molecule has 3 rings (SSSR count). The topological polar surface area (TPSA) is 64.2 Å². The van der Waals surface area contributed by atoms with Gasteiger partial charge in [0.05, 0.1) is 23.0 Å². The minimum atomic E-state index is 0.0119. The first kappa shape index (κ1) is 18.7. The first-order valence-electron chi connectivity index (χ1n) is 9.75. The van der Waals surface area contributed by atoms with Crippen molar-refractivity contribution in [2.24, 2.45) is 13.0 Å². The number of hydrogen-bond acceptors (Lipinski definition) is 4. The Labute approximate surface area is 155 Å². The van der Waals surface area contributed by atoms with E-state index in [1.165, 1.54) is 0 Å². The van der Waals surface area contributed by atoms with Gasteiger partial charge < -0.3 is 9.42 Å². The highest BCUT2D eigenvalue weighted by Crippen LogP contribution is 2.38. The summed E-state index contributed by atoms with van der Waals surface area (Å²) in [6, 6.07) is 0.0119. The predicted octanol–water partition coefficient (Wildman–Crippen LogP) is 4.18. The van der Waals surface area contributed by atoms with Crippen LogP contribution in [0.4, 0.5) is 0 Å². The summed E-state index contributed by atoms with van der Waals surface area (Å²) in [5.74, 6) is 1.13. The maximum Gasteiger partial charge on any atom is 0.226 e. The lowest BCUT2D eigenvalue weighted by atomic mass is 9.92. The highest BCUT2D eigenvalue weighted by Gasteiger charge is 2.35. The molecule has 1 saturated heterocycles. The standard InChI is InChI=1S/C20H30N4O2/c1-6-15(7-2)20(25)24-11-9-8-10-17(24)18-16(12-23(5)21-18)19-13(3)14(4)22-26-19/h12,15,17H,6-11H2,1-5H3/t17-/m0/s1. The van der Waals surface area contributed by atoms with Crippen LogP contribution in [0, 0.1) is 19.8 Å². The second-order valence-electron chi connectivity index (χ2n) is 7.38. The third-order valence-corrected chi connectivity index (χ3v) is 5.70. The summed E-state index contributed by atoms with van der Waals surface area (Å²) in [6.45, 7) is 8.97. The van der Waals surface area contributed by atoms with Crippen molar-refractivity contribution in [1.29, 1.82) is 0 Å². The van der Waals surface area contributed by atoms with Crippen LogP contribution in [0.25, 0.3) is 11.3 Å². The summed E-state index contributed by atoms with van der Waals surface area (Å²) in [7, 11) is 1.92. The van der Waals surface area contributed by atoms with Gasteiger partial charge in [-0.1, -0.05) is 19.0 Å². The molecule has 0 unspecified atom stereocenters. The summed E-state index contributed by atoms with van der Waals surface area (Å²) >= 11 is 0. The van der Waals surface area contributed by atoms with Crippen LogP contribution in [0.15, 0.2) is 10.7 Å². The van der Waals surface area contributed by atoms with Crippen molar-refractivity contribution in [3.8, 4) is 11.3 Å². The van der Waals surface area contributed by atoms with E-state index in [2.05, 4.69) is 23.9 Å². The number of likely N-dealkylation sites (tertiary alicyclic amines) is 1. The van der Waals surface area contributed by atoms with Gasteiger partial charge in [-0.2, -0.15) is 5.10 Å². The van der Waals surface area contributed by atoms with E-state index in [9.17, 15) is 4.79 Å². The zero-order valence-electron chi connectivity index (χ0n) is 16.6. The smallest absolute Gasteiger partial charge is 0.226 e. The predicted molar refractivity (Wildman–Crippen MR) is 101 cm³/mol. The Balaban J connectivity index is 2.01. The molecular weight excluding hydrogens is 328 g/mol. The molecule has 0 radical (unpaired) electrons. The summed E-state index contributed by atoms with van der Waals surface area (Å²) in [5, 5.41) is 8.84. The molecule has 26 heavy (non-hydrogen) atoms. The van der Waals surface area contributed by atoms with Crippen LogP contribution < -0.4 is 0 Å². The lowest BCUT2D eigenvalue weighted by Gasteiger charge is -2.37. The molecule has 0 aliphatic carbocycles. The molecule has 6 heteroatoms. The minimum absolute atomic E-state index is 0.0119. The molecule has 2 aromatic heterocycles. The molecule has 3 heterocycles. The molecular formula is C20H30N4O2. The maximum absolute atomic E-state index is 13.1. The molecule has 0 spiro atoms. The van der Waals surface area contributed by atoms with Crippen LogP contribution in [0.2, 0.25) is 0 Å². The van der Waals surface area contributed by atoms with Gasteiger partial charge in [-0.3, -0.25) is 9.48 Å². The molecule has 6 nitrogen and oxygen atoms in total. The van der Waals surface area contributed by atoms with Gasteiger partial charge in [-0.05, 0) is 46.0 Å². The Hall–Kier alpha value is -2.11. The average Bonchev–Trinajstić information content (AvgIpc) is 3.18. The van der Waals surface area contributed by atoms with Crippen LogP contribution in [-0.2, 0) is 11.8 Å². The van der Waals surface area contributed by atoms with Crippen LogP contribution in [0.5, 0.6) is 0 Å². The monoisotopic (exact) mass is 358 g/mol. The van der Waals surface area contributed by atoms with Crippen molar-refractivity contribution in [1.82, 2.24) is 19.8 Å². The van der Waals surface area contributed by atoms with Crippen molar-refractivity contribution >= 4 is 5.91 Å². The van der Waals surface area contributed by atoms with Gasteiger partial charge >= 0.3 is 0 Å². The maximum atomic E-state index is 13.1. The Morgan fingerprint density at radius 3 is 2.65 bits per heavy atom. The molecule has 0 N–H and O–H groups in total. The number of nitrogens with zero attached hydrogens (tertiary/aromatic N) is 4. The van der Waals surface area contributed by atoms with Crippen LogP contribution in [-0.4, -0.2) is 32.3 Å². The number of amides is 1. The SMILES string of the molecule is CCC(CC)C(=O)N1CCCC[C@H]1c1nn(C)cc1-c1onc(C)c1C. The number of carbonyl (C=O) groups is 1. The van der Waals surface area contributed by atoms with Crippen LogP contribution in [0.3, 0.4) is 0 Å². The van der Waals surface area contributed by atoms with E-state index in [1.807, 2.05) is 31.8 Å². The number of hydrogen-bond donors (Lipinski definition) is 0. The fourth-order valence-corrected chi connectivity index (χ4v) is 3.95. The average molecular weight is 358 g/mol. The van der Waals surface area contributed by atoms with Crippen LogP contribution in [0.1, 0.15) is 68.9 Å². The number of rotatable bonds is 5. The minimum Gasteiger partial charge on any atom is -0.356 e. The zero-order chi connectivity index (χ0) is 18.8. The molecule has 1 fully saturated rings. The van der Waals surface area contributed by atoms with Crippen molar-refractivity contribution in [3.63, 3.8) is 0 Å². The molecule has 0 aromatic carbocycles. The normalized spacial score (nSPS) is 17.9. The third kappa shape index (κ3) is 3.29. The zero-order valence-corrected chi connectivity index (χ0v) is 16.6. The lowest BCUT2D eigenvalue weighted by molar-refractivity contribution is -0.139. The van der Waals surface area contributed by atoms with Crippen LogP contribution >= 0.6 is 0 Å². The summed E-state index contributed by atoms with van der Waals surface area (Å²) in [5.41, 5.74) is 3.82. The second-order valence-corrected chi connectivity index (χ2v) is 7.38. The number of piperidine rings is 1. The van der Waals surface area contributed by atoms with Crippen molar-refractivity contribution in [2.45, 2.75) is 65.8 Å². The van der Waals surface area contributed by atoms with E-state index in [0.29, 0.717) is 0 Å². The van der Waals surface area contributed by atoms with Gasteiger partial charge in [0.2, 0.25) is 5.91 Å². The number of aryl methyl sites for hydroxylation is 2. The van der Waals surface area contributed by atoms with Crippen molar-refractivity contribution in [3.05, 3.63) is 23.1 Å². The molecule has 142 valence electrons. The van der Waals surface area contributed by atoms with E-state index < -0.39 is 0 Å². The van der Waals surface area contributed by atoms with Crippen molar-refractivity contribution in [2.75, 3.05) is 6.54 Å². The molecule has 1 atom stereocenters. The Morgan fingerprint density at radius 2 is 2.04 bits per heavy atom. The fourth-order valence-electron chi connectivity index (χ4n) is 3.95. The van der Waals surface area contributed by atoms with Gasteiger partial charge in [0.1, 0.15) is 0 Å². The molecule has 0 saturated carbocycles. The first-order chi connectivity index (χ1) is 12.5. The van der Waals surface area contributed by atoms with Gasteiger partial charge in [-0.25, -0.2) is 0 Å². The van der Waals surface area contributed by atoms with Gasteiger partial charge in [0.15, 0.2) is 5.76 Å². The van der Waals surface area contributed by atoms with Gasteiger partial charge in [0.25, 0.3) is 0 Å². The Morgan fingerprint density at radius 1 is 1.31 bits per heavy atom.